The summed E-state index contributed by atoms with van der Waals surface area (Å²) in [7, 11) is 4.92. The van der Waals surface area contributed by atoms with Crippen LogP contribution in [0.15, 0.2) is 18.2 Å². The lowest BCUT2D eigenvalue weighted by Gasteiger charge is -2.18. The van der Waals surface area contributed by atoms with Crippen molar-refractivity contribution in [3.8, 4) is 23.8 Å². The van der Waals surface area contributed by atoms with E-state index in [9.17, 15) is 4.79 Å². The summed E-state index contributed by atoms with van der Waals surface area (Å²) >= 11 is 0. The first-order valence-corrected chi connectivity index (χ1v) is 6.21. The summed E-state index contributed by atoms with van der Waals surface area (Å²) in [5, 5.41) is 2.87. The average molecular weight is 276 g/mol. The van der Waals surface area contributed by atoms with Crippen molar-refractivity contribution >= 4 is 5.91 Å². The van der Waals surface area contributed by atoms with Crippen molar-refractivity contribution < 1.29 is 14.3 Å². The molecule has 1 aromatic rings. The average Bonchev–Trinajstić information content (AvgIpc) is 2.47. The Hall–Kier alpha value is -2.19. The van der Waals surface area contributed by atoms with E-state index in [4.69, 9.17) is 15.9 Å². The number of rotatable bonds is 7. The number of nitrogens with zero attached hydrogens (tertiary/aromatic N) is 1. The number of nitrogens with one attached hydrogen (secondary N) is 1. The van der Waals surface area contributed by atoms with Gasteiger partial charge in [0, 0.05) is 13.6 Å². The lowest BCUT2D eigenvalue weighted by molar-refractivity contribution is -0.129. The Morgan fingerprint density at radius 2 is 2.05 bits per heavy atom. The van der Waals surface area contributed by atoms with Gasteiger partial charge < -0.3 is 14.4 Å². The van der Waals surface area contributed by atoms with Gasteiger partial charge in [-0.3, -0.25) is 10.1 Å². The van der Waals surface area contributed by atoms with Crippen molar-refractivity contribution in [1.29, 1.82) is 0 Å². The molecule has 0 unspecified atom stereocenters. The summed E-state index contributed by atoms with van der Waals surface area (Å²) in [5.74, 6) is 3.73. The van der Waals surface area contributed by atoms with Gasteiger partial charge in [0.1, 0.15) is 0 Å². The van der Waals surface area contributed by atoms with E-state index in [0.29, 0.717) is 24.6 Å². The highest BCUT2D eigenvalue weighted by molar-refractivity contribution is 5.78. The maximum absolute atomic E-state index is 11.8. The van der Waals surface area contributed by atoms with E-state index in [1.807, 2.05) is 18.2 Å². The molecule has 0 aliphatic carbocycles. The number of benzene rings is 1. The van der Waals surface area contributed by atoms with E-state index >= 15 is 0 Å². The molecule has 20 heavy (non-hydrogen) atoms. The molecule has 0 saturated carbocycles. The van der Waals surface area contributed by atoms with Gasteiger partial charge in [0.05, 0.1) is 27.3 Å². The first-order valence-electron chi connectivity index (χ1n) is 6.21. The van der Waals surface area contributed by atoms with Gasteiger partial charge in [-0.2, -0.15) is 0 Å². The third-order valence-corrected chi connectivity index (χ3v) is 2.80. The molecule has 0 aliphatic rings. The van der Waals surface area contributed by atoms with Crippen LogP contribution in [0.3, 0.4) is 0 Å². The van der Waals surface area contributed by atoms with E-state index < -0.39 is 0 Å². The van der Waals surface area contributed by atoms with Gasteiger partial charge >= 0.3 is 0 Å². The highest BCUT2D eigenvalue weighted by Crippen LogP contribution is 2.27. The molecule has 1 amide bonds. The number of ether oxygens (including phenoxy) is 2. The van der Waals surface area contributed by atoms with E-state index in [0.717, 1.165) is 5.56 Å². The summed E-state index contributed by atoms with van der Waals surface area (Å²) in [5.41, 5.74) is 0.968. The van der Waals surface area contributed by atoms with Crippen LogP contribution in [0, 0.1) is 12.3 Å². The van der Waals surface area contributed by atoms with Gasteiger partial charge in [0.25, 0.3) is 0 Å². The van der Waals surface area contributed by atoms with Crippen LogP contribution in [0.1, 0.15) is 5.56 Å². The van der Waals surface area contributed by atoms with E-state index in [-0.39, 0.29) is 12.5 Å². The van der Waals surface area contributed by atoms with Gasteiger partial charge in [0.15, 0.2) is 11.5 Å². The number of amides is 1. The molecule has 0 heterocycles. The summed E-state index contributed by atoms with van der Waals surface area (Å²) in [6, 6.07) is 5.58. The summed E-state index contributed by atoms with van der Waals surface area (Å²) in [4.78, 5) is 13.5. The van der Waals surface area contributed by atoms with Gasteiger partial charge in [0.2, 0.25) is 5.91 Å². The van der Waals surface area contributed by atoms with E-state index in [1.165, 1.54) is 0 Å². The predicted molar refractivity (Wildman–Crippen MR) is 77.7 cm³/mol. The van der Waals surface area contributed by atoms with Crippen LogP contribution in [0.5, 0.6) is 11.5 Å². The first-order chi connectivity index (χ1) is 9.62. The van der Waals surface area contributed by atoms with E-state index in [2.05, 4.69) is 11.2 Å². The van der Waals surface area contributed by atoms with Crippen molar-refractivity contribution in [3.05, 3.63) is 23.8 Å². The van der Waals surface area contributed by atoms with Crippen LogP contribution in [0.4, 0.5) is 0 Å². The number of hydrogen-bond donors (Lipinski definition) is 1. The maximum Gasteiger partial charge on any atom is 0.236 e. The largest absolute Gasteiger partial charge is 0.493 e. The van der Waals surface area contributed by atoms with Crippen LogP contribution in [0.2, 0.25) is 0 Å². The van der Waals surface area contributed by atoms with Crippen LogP contribution in [0.25, 0.3) is 0 Å². The molecule has 1 rings (SSSR count). The third-order valence-electron chi connectivity index (χ3n) is 2.80. The van der Waals surface area contributed by atoms with Gasteiger partial charge in [-0.05, 0) is 17.7 Å². The molecule has 0 bridgehead atoms. The number of terminal acetylenes is 1. The minimum atomic E-state index is -0.0185. The number of likely N-dealkylation sites (N-methyl/N-ethyl adjacent to an activating group) is 1. The standard InChI is InChI=1S/C15H20N2O3/c1-5-8-16-10-15(18)17(2)11-12-6-7-13(19-3)14(9-12)20-4/h1,6-7,9,16H,8,10-11H2,2-4H3. The number of carbonyl (C=O) groups excluding carboxylic acids is 1. The molecule has 1 aromatic carbocycles. The fourth-order valence-electron chi connectivity index (χ4n) is 1.72. The fraction of sp³-hybridized carbons (Fsp3) is 0.400. The maximum atomic E-state index is 11.8. The van der Waals surface area contributed by atoms with Crippen LogP contribution >= 0.6 is 0 Å². The number of carbonyl (C=O) groups is 1. The second kappa shape index (κ2) is 8.08. The SMILES string of the molecule is C#CCNCC(=O)N(C)Cc1ccc(OC)c(OC)c1. The molecule has 1 N–H and O–H groups in total. The van der Waals surface area contributed by atoms with Crippen molar-refractivity contribution in [2.75, 3.05) is 34.4 Å². The van der Waals surface area contributed by atoms with Crippen molar-refractivity contribution in [2.24, 2.45) is 0 Å². The normalized spacial score (nSPS) is 9.70. The molecule has 108 valence electrons. The van der Waals surface area contributed by atoms with Crippen molar-refractivity contribution in [3.63, 3.8) is 0 Å². The zero-order valence-electron chi connectivity index (χ0n) is 12.1. The van der Waals surface area contributed by atoms with Gasteiger partial charge in [-0.15, -0.1) is 6.42 Å². The highest BCUT2D eigenvalue weighted by atomic mass is 16.5. The number of methoxy groups -OCH3 is 2. The zero-order chi connectivity index (χ0) is 15.0. The fourth-order valence-corrected chi connectivity index (χ4v) is 1.72. The van der Waals surface area contributed by atoms with Crippen LogP contribution < -0.4 is 14.8 Å². The molecular formula is C15H20N2O3. The van der Waals surface area contributed by atoms with E-state index in [1.54, 1.807) is 26.2 Å². The summed E-state index contributed by atoms with van der Waals surface area (Å²) in [6.45, 7) is 1.11. The van der Waals surface area contributed by atoms with Crippen molar-refractivity contribution in [1.82, 2.24) is 10.2 Å². The molecule has 0 radical (unpaired) electrons. The molecule has 5 heteroatoms. The molecule has 5 nitrogen and oxygen atoms in total. The molecule has 0 fully saturated rings. The van der Waals surface area contributed by atoms with Crippen LogP contribution in [-0.4, -0.2) is 45.2 Å². The molecule has 0 spiro atoms. The zero-order valence-corrected chi connectivity index (χ0v) is 12.1. The lowest BCUT2D eigenvalue weighted by Crippen LogP contribution is -2.35. The lowest BCUT2D eigenvalue weighted by atomic mass is 10.2. The molecule has 0 aliphatic heterocycles. The molecule has 0 atom stereocenters. The Labute approximate surface area is 119 Å². The number of hydrogen-bond acceptors (Lipinski definition) is 4. The van der Waals surface area contributed by atoms with Gasteiger partial charge in [-0.1, -0.05) is 12.0 Å². The molecular weight excluding hydrogens is 256 g/mol. The Morgan fingerprint density at radius 1 is 1.35 bits per heavy atom. The predicted octanol–water partition coefficient (Wildman–Crippen LogP) is 0.885. The van der Waals surface area contributed by atoms with Crippen molar-refractivity contribution in [2.45, 2.75) is 6.54 Å². The molecule has 0 saturated heterocycles. The molecule has 0 aromatic heterocycles. The highest BCUT2D eigenvalue weighted by Gasteiger charge is 2.10. The smallest absolute Gasteiger partial charge is 0.236 e. The Kier molecular flexibility index (Phi) is 6.41. The minimum absolute atomic E-state index is 0.0185. The Bertz CT molecular complexity index is 494. The van der Waals surface area contributed by atoms with Gasteiger partial charge in [-0.25, -0.2) is 0 Å². The minimum Gasteiger partial charge on any atom is -0.493 e. The third kappa shape index (κ3) is 4.48. The second-order valence-electron chi connectivity index (χ2n) is 4.25. The summed E-state index contributed by atoms with van der Waals surface area (Å²) < 4.78 is 10.4. The first kappa shape index (κ1) is 15.9. The Balaban J connectivity index is 2.63. The summed E-state index contributed by atoms with van der Waals surface area (Å²) in [6.07, 6.45) is 5.11. The topological polar surface area (TPSA) is 50.8 Å². The second-order valence-corrected chi connectivity index (χ2v) is 4.25. The van der Waals surface area contributed by atoms with Crippen LogP contribution in [-0.2, 0) is 11.3 Å². The quantitative estimate of drug-likeness (QED) is 0.593. The Morgan fingerprint density at radius 3 is 2.65 bits per heavy atom. The monoisotopic (exact) mass is 276 g/mol.